The van der Waals surface area contributed by atoms with Crippen LogP contribution in [0.4, 0.5) is 0 Å². The minimum Gasteiger partial charge on any atom is -0.326 e. The molecule has 0 aromatic heterocycles. The minimum atomic E-state index is -2.86. The molecule has 0 spiro atoms. The molecule has 0 radical (unpaired) electrons. The van der Waals surface area contributed by atoms with Crippen LogP contribution in [-0.2, 0) is 9.84 Å². The maximum Gasteiger partial charge on any atom is 0.150 e. The Morgan fingerprint density at radius 1 is 1.25 bits per heavy atom. The van der Waals surface area contributed by atoms with Crippen LogP contribution in [0.1, 0.15) is 32.1 Å². The SMILES string of the molecule is CS(=O)(=O)C1CCCC(N2CC[C@H](N)C2)C1. The predicted octanol–water partition coefficient (Wildman–Crippen LogP) is 0.375. The summed E-state index contributed by atoms with van der Waals surface area (Å²) >= 11 is 0. The van der Waals surface area contributed by atoms with Crippen molar-refractivity contribution in [3.63, 3.8) is 0 Å². The van der Waals surface area contributed by atoms with Crippen molar-refractivity contribution in [3.8, 4) is 0 Å². The summed E-state index contributed by atoms with van der Waals surface area (Å²) in [5.74, 6) is 0. The second kappa shape index (κ2) is 4.63. The van der Waals surface area contributed by atoms with Gasteiger partial charge >= 0.3 is 0 Å². The lowest BCUT2D eigenvalue weighted by Crippen LogP contribution is -2.41. The number of likely N-dealkylation sites (tertiary alicyclic amines) is 1. The van der Waals surface area contributed by atoms with Gasteiger partial charge in [0, 0.05) is 31.4 Å². The Balaban J connectivity index is 1.97. The molecule has 0 amide bonds. The molecule has 2 unspecified atom stereocenters. The predicted molar refractivity (Wildman–Crippen MR) is 65.1 cm³/mol. The molecular weight excluding hydrogens is 224 g/mol. The largest absolute Gasteiger partial charge is 0.326 e. The van der Waals surface area contributed by atoms with Crippen molar-refractivity contribution in [2.45, 2.75) is 49.4 Å². The lowest BCUT2D eigenvalue weighted by Gasteiger charge is -2.34. The molecule has 1 aliphatic carbocycles. The Morgan fingerprint density at radius 3 is 2.56 bits per heavy atom. The van der Waals surface area contributed by atoms with Crippen LogP contribution in [0.15, 0.2) is 0 Å². The van der Waals surface area contributed by atoms with Crippen LogP contribution < -0.4 is 5.73 Å². The van der Waals surface area contributed by atoms with E-state index >= 15 is 0 Å². The first-order chi connectivity index (χ1) is 7.47. The van der Waals surface area contributed by atoms with Gasteiger partial charge in [-0.3, -0.25) is 4.90 Å². The molecule has 0 aromatic carbocycles. The Bertz CT molecular complexity index is 342. The topological polar surface area (TPSA) is 63.4 Å². The number of hydrogen-bond acceptors (Lipinski definition) is 4. The monoisotopic (exact) mass is 246 g/mol. The van der Waals surface area contributed by atoms with Gasteiger partial charge in [0.15, 0.2) is 0 Å². The van der Waals surface area contributed by atoms with Crippen LogP contribution in [0.2, 0.25) is 0 Å². The second-order valence-electron chi connectivity index (χ2n) is 5.32. The molecule has 4 nitrogen and oxygen atoms in total. The Kier molecular flexibility index (Phi) is 3.56. The highest BCUT2D eigenvalue weighted by atomic mass is 32.2. The number of nitrogens with zero attached hydrogens (tertiary/aromatic N) is 1. The third-order valence-electron chi connectivity index (χ3n) is 3.98. The van der Waals surface area contributed by atoms with Crippen LogP contribution in [0.25, 0.3) is 0 Å². The van der Waals surface area contributed by atoms with E-state index in [-0.39, 0.29) is 5.25 Å². The van der Waals surface area contributed by atoms with E-state index in [0.717, 1.165) is 45.2 Å². The molecule has 0 bridgehead atoms. The fraction of sp³-hybridized carbons (Fsp3) is 1.00. The molecule has 5 heteroatoms. The van der Waals surface area contributed by atoms with Crippen molar-refractivity contribution in [2.75, 3.05) is 19.3 Å². The van der Waals surface area contributed by atoms with Crippen LogP contribution in [0.3, 0.4) is 0 Å². The molecule has 1 heterocycles. The first-order valence-corrected chi connectivity index (χ1v) is 8.11. The zero-order valence-corrected chi connectivity index (χ0v) is 10.7. The second-order valence-corrected chi connectivity index (χ2v) is 7.64. The highest BCUT2D eigenvalue weighted by Gasteiger charge is 2.34. The molecule has 2 aliphatic rings. The Morgan fingerprint density at radius 2 is 2.00 bits per heavy atom. The van der Waals surface area contributed by atoms with E-state index in [1.54, 1.807) is 0 Å². The smallest absolute Gasteiger partial charge is 0.150 e. The molecule has 2 N–H and O–H groups in total. The van der Waals surface area contributed by atoms with E-state index in [2.05, 4.69) is 4.90 Å². The standard InChI is InChI=1S/C11H22N2O2S/c1-16(14,15)11-4-2-3-10(7-11)13-6-5-9(12)8-13/h9-11H,2-8,12H2,1H3/t9-,10?,11?/m0/s1. The molecular formula is C11H22N2O2S. The van der Waals surface area contributed by atoms with Gasteiger partial charge in [-0.05, 0) is 25.7 Å². The Hall–Kier alpha value is -0.130. The van der Waals surface area contributed by atoms with Gasteiger partial charge in [0.2, 0.25) is 0 Å². The summed E-state index contributed by atoms with van der Waals surface area (Å²) in [6.07, 6.45) is 6.25. The summed E-state index contributed by atoms with van der Waals surface area (Å²) in [4.78, 5) is 2.39. The third kappa shape index (κ3) is 2.76. The minimum absolute atomic E-state index is 0.122. The maximum absolute atomic E-state index is 11.6. The number of sulfone groups is 1. The van der Waals surface area contributed by atoms with E-state index in [4.69, 9.17) is 5.73 Å². The molecule has 3 atom stereocenters. The fourth-order valence-corrected chi connectivity index (χ4v) is 4.15. The third-order valence-corrected chi connectivity index (χ3v) is 5.62. The van der Waals surface area contributed by atoms with Crippen molar-refractivity contribution >= 4 is 9.84 Å². The summed E-state index contributed by atoms with van der Waals surface area (Å²) in [5.41, 5.74) is 5.89. The summed E-state index contributed by atoms with van der Waals surface area (Å²) in [7, 11) is -2.86. The van der Waals surface area contributed by atoms with Gasteiger partial charge < -0.3 is 5.73 Å². The maximum atomic E-state index is 11.6. The molecule has 1 aliphatic heterocycles. The van der Waals surface area contributed by atoms with E-state index in [1.807, 2.05) is 0 Å². The average Bonchev–Trinajstić information content (AvgIpc) is 2.64. The molecule has 1 saturated carbocycles. The van der Waals surface area contributed by atoms with Gasteiger partial charge in [0.05, 0.1) is 5.25 Å². The summed E-state index contributed by atoms with van der Waals surface area (Å²) in [6, 6.07) is 0.737. The van der Waals surface area contributed by atoms with Crippen LogP contribution >= 0.6 is 0 Å². The number of rotatable bonds is 2. The summed E-state index contributed by atoms with van der Waals surface area (Å²) in [5, 5.41) is -0.122. The van der Waals surface area contributed by atoms with E-state index in [0.29, 0.717) is 12.1 Å². The van der Waals surface area contributed by atoms with Gasteiger partial charge in [-0.15, -0.1) is 0 Å². The first kappa shape index (κ1) is 12.3. The highest BCUT2D eigenvalue weighted by Crippen LogP contribution is 2.29. The van der Waals surface area contributed by atoms with E-state index in [1.165, 1.54) is 6.26 Å². The summed E-state index contributed by atoms with van der Waals surface area (Å²) < 4.78 is 23.1. The quantitative estimate of drug-likeness (QED) is 0.765. The summed E-state index contributed by atoms with van der Waals surface area (Å²) in [6.45, 7) is 1.99. The zero-order chi connectivity index (χ0) is 11.8. The molecule has 2 rings (SSSR count). The lowest BCUT2D eigenvalue weighted by molar-refractivity contribution is 0.190. The van der Waals surface area contributed by atoms with Gasteiger partial charge in [0.1, 0.15) is 9.84 Å². The van der Waals surface area contributed by atoms with Crippen molar-refractivity contribution < 1.29 is 8.42 Å². The Labute approximate surface area is 98.1 Å². The van der Waals surface area contributed by atoms with E-state index < -0.39 is 9.84 Å². The fourth-order valence-electron chi connectivity index (χ4n) is 2.99. The average molecular weight is 246 g/mol. The van der Waals surface area contributed by atoms with Gasteiger partial charge in [0.25, 0.3) is 0 Å². The van der Waals surface area contributed by atoms with Crippen molar-refractivity contribution in [1.29, 1.82) is 0 Å². The molecule has 0 aromatic rings. The van der Waals surface area contributed by atoms with E-state index in [9.17, 15) is 8.42 Å². The number of nitrogens with two attached hydrogens (primary N) is 1. The molecule has 94 valence electrons. The molecule has 2 fully saturated rings. The zero-order valence-electron chi connectivity index (χ0n) is 9.93. The lowest BCUT2D eigenvalue weighted by atomic mass is 9.94. The van der Waals surface area contributed by atoms with Gasteiger partial charge in [-0.2, -0.15) is 0 Å². The van der Waals surface area contributed by atoms with Crippen LogP contribution in [-0.4, -0.2) is 50.0 Å². The first-order valence-electron chi connectivity index (χ1n) is 6.15. The molecule has 16 heavy (non-hydrogen) atoms. The van der Waals surface area contributed by atoms with Gasteiger partial charge in [-0.1, -0.05) is 6.42 Å². The number of hydrogen-bond donors (Lipinski definition) is 1. The van der Waals surface area contributed by atoms with Crippen LogP contribution in [0, 0.1) is 0 Å². The van der Waals surface area contributed by atoms with Crippen molar-refractivity contribution in [3.05, 3.63) is 0 Å². The van der Waals surface area contributed by atoms with Gasteiger partial charge in [-0.25, -0.2) is 8.42 Å². The molecule has 1 saturated heterocycles. The van der Waals surface area contributed by atoms with Crippen molar-refractivity contribution in [1.82, 2.24) is 4.90 Å². The van der Waals surface area contributed by atoms with Crippen molar-refractivity contribution in [2.24, 2.45) is 5.73 Å². The van der Waals surface area contributed by atoms with Crippen LogP contribution in [0.5, 0.6) is 0 Å². The highest BCUT2D eigenvalue weighted by molar-refractivity contribution is 7.91. The normalized spacial score (nSPS) is 37.8.